The smallest absolute Gasteiger partial charge is 0.0834 e. The van der Waals surface area contributed by atoms with Gasteiger partial charge in [0.1, 0.15) is 0 Å². The molecule has 2 aromatic heterocycles. The molecule has 0 bridgehead atoms. The molecule has 2 aromatic rings. The largest absolute Gasteiger partial charge is 0.323 e. The molecule has 0 aliphatic carbocycles. The summed E-state index contributed by atoms with van der Waals surface area (Å²) in [5, 5.41) is 4.97. The van der Waals surface area contributed by atoms with Crippen LogP contribution in [0.2, 0.25) is 5.02 Å². The van der Waals surface area contributed by atoms with Crippen LogP contribution in [-0.4, -0.2) is 40.3 Å². The fourth-order valence-corrected chi connectivity index (χ4v) is 2.48. The molecule has 21 heavy (non-hydrogen) atoms. The van der Waals surface area contributed by atoms with Crippen molar-refractivity contribution in [3.05, 3.63) is 47.0 Å². The van der Waals surface area contributed by atoms with Gasteiger partial charge in [-0.15, -0.1) is 0 Å². The second kappa shape index (κ2) is 7.54. The summed E-state index contributed by atoms with van der Waals surface area (Å²) in [6.45, 7) is 1.68. The summed E-state index contributed by atoms with van der Waals surface area (Å²) in [5.74, 6) is 0. The standard InChI is InChI=1S/C15H22ClN5/c1-20(2)9-10-21-15(13(16)11-19-21)14(17)7-6-12-5-3-4-8-18-12/h3-5,8,11,14H,6-7,9-10,17H2,1-2H3. The van der Waals surface area contributed by atoms with Gasteiger partial charge in [0.25, 0.3) is 0 Å². The number of nitrogens with two attached hydrogens (primary N) is 1. The van der Waals surface area contributed by atoms with Crippen LogP contribution >= 0.6 is 11.6 Å². The van der Waals surface area contributed by atoms with Gasteiger partial charge in [0.15, 0.2) is 0 Å². The van der Waals surface area contributed by atoms with E-state index in [1.165, 1.54) is 0 Å². The van der Waals surface area contributed by atoms with Crippen LogP contribution in [0.25, 0.3) is 0 Å². The SMILES string of the molecule is CN(C)CCn1ncc(Cl)c1C(N)CCc1ccccn1. The molecular weight excluding hydrogens is 286 g/mol. The lowest BCUT2D eigenvalue weighted by atomic mass is 10.1. The molecule has 0 aliphatic heterocycles. The van der Waals surface area contributed by atoms with E-state index in [1.807, 2.05) is 37.0 Å². The average Bonchev–Trinajstić information content (AvgIpc) is 2.85. The minimum absolute atomic E-state index is 0.135. The van der Waals surface area contributed by atoms with Gasteiger partial charge in [-0.2, -0.15) is 5.10 Å². The van der Waals surface area contributed by atoms with Gasteiger partial charge < -0.3 is 10.6 Å². The topological polar surface area (TPSA) is 60.0 Å². The van der Waals surface area contributed by atoms with Gasteiger partial charge in [-0.1, -0.05) is 17.7 Å². The third-order valence-corrected chi connectivity index (χ3v) is 3.67. The maximum absolute atomic E-state index is 6.31. The molecule has 2 N–H and O–H groups in total. The zero-order chi connectivity index (χ0) is 15.2. The van der Waals surface area contributed by atoms with Crippen LogP contribution in [0.15, 0.2) is 30.6 Å². The summed E-state index contributed by atoms with van der Waals surface area (Å²) in [5.41, 5.74) is 8.27. The monoisotopic (exact) mass is 307 g/mol. The normalized spacial score (nSPS) is 12.8. The van der Waals surface area contributed by atoms with Gasteiger partial charge in [-0.25, -0.2) is 0 Å². The van der Waals surface area contributed by atoms with E-state index in [1.54, 1.807) is 12.4 Å². The van der Waals surface area contributed by atoms with Crippen molar-refractivity contribution in [2.24, 2.45) is 5.73 Å². The highest BCUT2D eigenvalue weighted by Crippen LogP contribution is 2.24. The summed E-state index contributed by atoms with van der Waals surface area (Å²) in [6, 6.07) is 5.78. The average molecular weight is 308 g/mol. The summed E-state index contributed by atoms with van der Waals surface area (Å²) >= 11 is 6.24. The zero-order valence-corrected chi connectivity index (χ0v) is 13.3. The number of halogens is 1. The highest BCUT2D eigenvalue weighted by Gasteiger charge is 2.17. The summed E-state index contributed by atoms with van der Waals surface area (Å²) in [7, 11) is 4.07. The highest BCUT2D eigenvalue weighted by molar-refractivity contribution is 6.31. The highest BCUT2D eigenvalue weighted by atomic mass is 35.5. The third-order valence-electron chi connectivity index (χ3n) is 3.38. The van der Waals surface area contributed by atoms with E-state index in [2.05, 4.69) is 15.0 Å². The Morgan fingerprint density at radius 2 is 2.19 bits per heavy atom. The lowest BCUT2D eigenvalue weighted by Crippen LogP contribution is -2.23. The Kier molecular flexibility index (Phi) is 5.73. The number of likely N-dealkylation sites (N-methyl/N-ethyl adjacent to an activating group) is 1. The molecule has 2 heterocycles. The predicted octanol–water partition coefficient (Wildman–Crippen LogP) is 2.13. The number of aryl methyl sites for hydroxylation is 1. The maximum Gasteiger partial charge on any atom is 0.0834 e. The molecule has 0 amide bonds. The first-order valence-electron chi connectivity index (χ1n) is 7.09. The first kappa shape index (κ1) is 15.9. The maximum atomic E-state index is 6.31. The molecule has 2 rings (SSSR count). The van der Waals surface area contributed by atoms with E-state index >= 15 is 0 Å². The first-order valence-corrected chi connectivity index (χ1v) is 7.47. The van der Waals surface area contributed by atoms with Crippen LogP contribution in [0, 0.1) is 0 Å². The minimum Gasteiger partial charge on any atom is -0.323 e. The van der Waals surface area contributed by atoms with Crippen LogP contribution in [0.5, 0.6) is 0 Å². The Bertz CT molecular complexity index is 552. The molecular formula is C15H22ClN5. The van der Waals surface area contributed by atoms with Crippen molar-refractivity contribution in [1.82, 2.24) is 19.7 Å². The Labute approximate surface area is 130 Å². The number of aromatic nitrogens is 3. The predicted molar refractivity (Wildman–Crippen MR) is 85.3 cm³/mol. The van der Waals surface area contributed by atoms with E-state index in [9.17, 15) is 0 Å². The zero-order valence-electron chi connectivity index (χ0n) is 12.5. The molecule has 0 radical (unpaired) electrons. The lowest BCUT2D eigenvalue weighted by Gasteiger charge is -2.16. The van der Waals surface area contributed by atoms with E-state index < -0.39 is 0 Å². The third kappa shape index (κ3) is 4.52. The van der Waals surface area contributed by atoms with Gasteiger partial charge in [0.05, 0.1) is 23.5 Å². The Morgan fingerprint density at radius 3 is 2.86 bits per heavy atom. The van der Waals surface area contributed by atoms with Gasteiger partial charge in [-0.3, -0.25) is 9.67 Å². The summed E-state index contributed by atoms with van der Waals surface area (Å²) in [6.07, 6.45) is 5.10. The van der Waals surface area contributed by atoms with Crippen molar-refractivity contribution in [1.29, 1.82) is 0 Å². The molecule has 0 fully saturated rings. The second-order valence-corrected chi connectivity index (χ2v) is 5.78. The van der Waals surface area contributed by atoms with Gasteiger partial charge in [0, 0.05) is 24.5 Å². The van der Waals surface area contributed by atoms with Crippen molar-refractivity contribution in [3.63, 3.8) is 0 Å². The van der Waals surface area contributed by atoms with Gasteiger partial charge in [-0.05, 0) is 39.1 Å². The fourth-order valence-electron chi connectivity index (χ4n) is 2.20. The Hall–Kier alpha value is -1.43. The van der Waals surface area contributed by atoms with Crippen molar-refractivity contribution in [2.75, 3.05) is 20.6 Å². The van der Waals surface area contributed by atoms with Gasteiger partial charge >= 0.3 is 0 Å². The van der Waals surface area contributed by atoms with Crippen LogP contribution in [-0.2, 0) is 13.0 Å². The van der Waals surface area contributed by atoms with E-state index in [4.69, 9.17) is 17.3 Å². The molecule has 0 aromatic carbocycles. The first-order chi connectivity index (χ1) is 10.1. The second-order valence-electron chi connectivity index (χ2n) is 5.37. The van der Waals surface area contributed by atoms with Crippen LogP contribution < -0.4 is 5.73 Å². The summed E-state index contributed by atoms with van der Waals surface area (Å²) < 4.78 is 1.91. The molecule has 0 aliphatic rings. The Morgan fingerprint density at radius 1 is 1.38 bits per heavy atom. The van der Waals surface area contributed by atoms with Crippen molar-refractivity contribution >= 4 is 11.6 Å². The lowest BCUT2D eigenvalue weighted by molar-refractivity contribution is 0.365. The molecule has 5 nitrogen and oxygen atoms in total. The minimum atomic E-state index is -0.135. The van der Waals surface area contributed by atoms with Crippen LogP contribution in [0.1, 0.15) is 23.9 Å². The van der Waals surface area contributed by atoms with E-state index in [-0.39, 0.29) is 6.04 Å². The van der Waals surface area contributed by atoms with Crippen molar-refractivity contribution in [3.8, 4) is 0 Å². The molecule has 0 spiro atoms. The number of nitrogens with zero attached hydrogens (tertiary/aromatic N) is 4. The van der Waals surface area contributed by atoms with Crippen LogP contribution in [0.4, 0.5) is 0 Å². The van der Waals surface area contributed by atoms with Crippen molar-refractivity contribution < 1.29 is 0 Å². The van der Waals surface area contributed by atoms with Gasteiger partial charge in [0.2, 0.25) is 0 Å². The molecule has 1 unspecified atom stereocenters. The number of pyridine rings is 1. The molecule has 1 atom stereocenters. The quantitative estimate of drug-likeness (QED) is 0.851. The number of rotatable bonds is 7. The van der Waals surface area contributed by atoms with E-state index in [0.29, 0.717) is 5.02 Å². The Balaban J connectivity index is 2.01. The molecule has 114 valence electrons. The molecule has 0 saturated carbocycles. The van der Waals surface area contributed by atoms with Crippen molar-refractivity contribution in [2.45, 2.75) is 25.4 Å². The molecule has 6 heteroatoms. The number of hydrogen-bond donors (Lipinski definition) is 1. The summed E-state index contributed by atoms with van der Waals surface area (Å²) in [4.78, 5) is 6.43. The number of hydrogen-bond acceptors (Lipinski definition) is 4. The fraction of sp³-hybridized carbons (Fsp3) is 0.467. The molecule has 0 saturated heterocycles. The van der Waals surface area contributed by atoms with E-state index in [0.717, 1.165) is 37.3 Å². The van der Waals surface area contributed by atoms with Crippen LogP contribution in [0.3, 0.4) is 0 Å².